The molecule has 0 saturated carbocycles. The average molecular weight is 243 g/mol. The molecule has 0 aliphatic heterocycles. The van der Waals surface area contributed by atoms with Gasteiger partial charge in [0.15, 0.2) is 0 Å². The van der Waals surface area contributed by atoms with Crippen LogP contribution in [0.15, 0.2) is 48.5 Å². The third-order valence-electron chi connectivity index (χ3n) is 2.43. The first kappa shape index (κ1) is 12.0. The van der Waals surface area contributed by atoms with Crippen molar-refractivity contribution in [1.82, 2.24) is 0 Å². The number of benzene rings is 2. The third kappa shape index (κ3) is 3.01. The van der Waals surface area contributed by atoms with Crippen molar-refractivity contribution >= 4 is 11.7 Å². The summed E-state index contributed by atoms with van der Waals surface area (Å²) in [5.74, 6) is -0.269. The Hall–Kier alpha value is -2.49. The molecule has 0 heterocycles. The molecule has 0 spiro atoms. The van der Waals surface area contributed by atoms with Crippen LogP contribution in [-0.2, 0) is 11.3 Å². The van der Waals surface area contributed by atoms with Gasteiger partial charge in [0.25, 0.3) is 0 Å². The quantitative estimate of drug-likeness (QED) is 0.641. The van der Waals surface area contributed by atoms with Gasteiger partial charge in [-0.2, -0.15) is 0 Å². The highest BCUT2D eigenvalue weighted by Gasteiger charge is 2.06. The van der Waals surface area contributed by atoms with Crippen LogP contribution in [0.3, 0.4) is 0 Å². The standard InChI is InChI=1S/C14H13NO3/c15-12-6-4-11(5-7-12)14(17)18-9-10-2-1-3-13(16)8-10/h1-8,16H,9,15H2. The monoisotopic (exact) mass is 243 g/mol. The predicted molar refractivity (Wildman–Crippen MR) is 68.1 cm³/mol. The van der Waals surface area contributed by atoms with E-state index in [0.29, 0.717) is 11.3 Å². The normalized spacial score (nSPS) is 10.0. The van der Waals surface area contributed by atoms with E-state index in [-0.39, 0.29) is 12.4 Å². The van der Waals surface area contributed by atoms with E-state index in [0.717, 1.165) is 5.56 Å². The molecular formula is C14H13NO3. The van der Waals surface area contributed by atoms with Gasteiger partial charge in [0.2, 0.25) is 0 Å². The molecule has 0 radical (unpaired) electrons. The number of rotatable bonds is 3. The number of phenolic OH excluding ortho intramolecular Hbond substituents is 1. The van der Waals surface area contributed by atoms with E-state index in [4.69, 9.17) is 10.5 Å². The summed E-state index contributed by atoms with van der Waals surface area (Å²) < 4.78 is 5.12. The second kappa shape index (κ2) is 5.23. The second-order valence-electron chi connectivity index (χ2n) is 3.87. The van der Waals surface area contributed by atoms with Crippen molar-refractivity contribution in [3.63, 3.8) is 0 Å². The van der Waals surface area contributed by atoms with Crippen molar-refractivity contribution in [3.05, 3.63) is 59.7 Å². The van der Waals surface area contributed by atoms with E-state index in [1.807, 2.05) is 0 Å². The first-order valence-electron chi connectivity index (χ1n) is 5.46. The van der Waals surface area contributed by atoms with Crippen molar-refractivity contribution in [1.29, 1.82) is 0 Å². The molecule has 0 saturated heterocycles. The number of aromatic hydroxyl groups is 1. The van der Waals surface area contributed by atoms with Gasteiger partial charge in [0.1, 0.15) is 12.4 Å². The van der Waals surface area contributed by atoms with Gasteiger partial charge in [0.05, 0.1) is 5.56 Å². The Labute approximate surface area is 105 Å². The second-order valence-corrected chi connectivity index (χ2v) is 3.87. The van der Waals surface area contributed by atoms with Crippen LogP contribution in [0.5, 0.6) is 5.75 Å². The fraction of sp³-hybridized carbons (Fsp3) is 0.0714. The fourth-order valence-corrected chi connectivity index (χ4v) is 1.50. The van der Waals surface area contributed by atoms with Gasteiger partial charge in [-0.25, -0.2) is 4.79 Å². The molecule has 0 bridgehead atoms. The number of phenols is 1. The largest absolute Gasteiger partial charge is 0.508 e. The summed E-state index contributed by atoms with van der Waals surface area (Å²) in [6.07, 6.45) is 0. The van der Waals surface area contributed by atoms with E-state index < -0.39 is 5.97 Å². The number of carbonyl (C=O) groups excluding carboxylic acids is 1. The van der Waals surface area contributed by atoms with Gasteiger partial charge in [-0.3, -0.25) is 0 Å². The number of hydrogen-bond acceptors (Lipinski definition) is 4. The number of nitrogens with two attached hydrogens (primary N) is 1. The van der Waals surface area contributed by atoms with Gasteiger partial charge < -0.3 is 15.6 Å². The lowest BCUT2D eigenvalue weighted by Gasteiger charge is -2.05. The lowest BCUT2D eigenvalue weighted by atomic mass is 10.2. The van der Waals surface area contributed by atoms with E-state index >= 15 is 0 Å². The summed E-state index contributed by atoms with van der Waals surface area (Å²) in [5.41, 5.74) is 7.31. The third-order valence-corrected chi connectivity index (χ3v) is 2.43. The molecule has 18 heavy (non-hydrogen) atoms. The molecule has 0 fully saturated rings. The number of nitrogen functional groups attached to an aromatic ring is 1. The predicted octanol–water partition coefficient (Wildman–Crippen LogP) is 2.33. The summed E-state index contributed by atoms with van der Waals surface area (Å²) in [7, 11) is 0. The lowest BCUT2D eigenvalue weighted by Crippen LogP contribution is -2.05. The van der Waals surface area contributed by atoms with Crippen molar-refractivity contribution in [2.45, 2.75) is 6.61 Å². The first-order chi connectivity index (χ1) is 8.65. The highest BCUT2D eigenvalue weighted by molar-refractivity contribution is 5.89. The first-order valence-corrected chi connectivity index (χ1v) is 5.46. The van der Waals surface area contributed by atoms with Crippen molar-refractivity contribution in [3.8, 4) is 5.75 Å². The summed E-state index contributed by atoms with van der Waals surface area (Å²) in [6.45, 7) is 0.123. The van der Waals surface area contributed by atoms with Gasteiger partial charge >= 0.3 is 5.97 Å². The molecule has 2 aromatic rings. The molecule has 0 aliphatic carbocycles. The SMILES string of the molecule is Nc1ccc(C(=O)OCc2cccc(O)c2)cc1. The van der Waals surface area contributed by atoms with Gasteiger partial charge in [-0.1, -0.05) is 12.1 Å². The van der Waals surface area contributed by atoms with E-state index in [2.05, 4.69) is 0 Å². The van der Waals surface area contributed by atoms with Crippen LogP contribution < -0.4 is 5.73 Å². The maximum absolute atomic E-state index is 11.7. The molecular weight excluding hydrogens is 230 g/mol. The molecule has 2 aromatic carbocycles. The van der Waals surface area contributed by atoms with Crippen molar-refractivity contribution in [2.75, 3.05) is 5.73 Å². The summed E-state index contributed by atoms with van der Waals surface area (Å²) in [6, 6.07) is 13.1. The number of carbonyl (C=O) groups is 1. The Morgan fingerprint density at radius 1 is 1.17 bits per heavy atom. The Morgan fingerprint density at radius 3 is 2.56 bits per heavy atom. The summed E-state index contributed by atoms with van der Waals surface area (Å²) in [5, 5.41) is 9.27. The molecule has 0 aliphatic rings. The highest BCUT2D eigenvalue weighted by Crippen LogP contribution is 2.13. The minimum atomic E-state index is -0.418. The number of anilines is 1. The molecule has 0 aromatic heterocycles. The molecule has 4 heteroatoms. The van der Waals surface area contributed by atoms with E-state index in [1.54, 1.807) is 48.5 Å². The smallest absolute Gasteiger partial charge is 0.338 e. The van der Waals surface area contributed by atoms with Crippen LogP contribution in [0.2, 0.25) is 0 Å². The van der Waals surface area contributed by atoms with Crippen LogP contribution in [0.4, 0.5) is 5.69 Å². The Balaban J connectivity index is 1.98. The molecule has 2 rings (SSSR count). The Morgan fingerprint density at radius 2 is 1.89 bits per heavy atom. The Kier molecular flexibility index (Phi) is 3.48. The lowest BCUT2D eigenvalue weighted by molar-refractivity contribution is 0.0472. The molecule has 92 valence electrons. The van der Waals surface area contributed by atoms with Crippen LogP contribution in [0.1, 0.15) is 15.9 Å². The topological polar surface area (TPSA) is 72.6 Å². The number of esters is 1. The van der Waals surface area contributed by atoms with Crippen LogP contribution in [0, 0.1) is 0 Å². The zero-order valence-electron chi connectivity index (χ0n) is 9.67. The fourth-order valence-electron chi connectivity index (χ4n) is 1.50. The molecule has 0 unspecified atom stereocenters. The van der Waals surface area contributed by atoms with Gasteiger partial charge in [0, 0.05) is 5.69 Å². The van der Waals surface area contributed by atoms with Crippen LogP contribution in [0.25, 0.3) is 0 Å². The van der Waals surface area contributed by atoms with E-state index in [9.17, 15) is 9.90 Å². The minimum Gasteiger partial charge on any atom is -0.508 e. The maximum Gasteiger partial charge on any atom is 0.338 e. The maximum atomic E-state index is 11.7. The van der Waals surface area contributed by atoms with Crippen molar-refractivity contribution in [2.24, 2.45) is 0 Å². The van der Waals surface area contributed by atoms with E-state index in [1.165, 1.54) is 0 Å². The van der Waals surface area contributed by atoms with Gasteiger partial charge in [-0.05, 0) is 42.0 Å². The Bertz CT molecular complexity index is 549. The molecule has 0 atom stereocenters. The highest BCUT2D eigenvalue weighted by atomic mass is 16.5. The summed E-state index contributed by atoms with van der Waals surface area (Å²) in [4.78, 5) is 11.7. The number of ether oxygens (including phenoxy) is 1. The summed E-state index contributed by atoms with van der Waals surface area (Å²) >= 11 is 0. The van der Waals surface area contributed by atoms with Crippen molar-refractivity contribution < 1.29 is 14.6 Å². The zero-order valence-corrected chi connectivity index (χ0v) is 9.67. The van der Waals surface area contributed by atoms with Gasteiger partial charge in [-0.15, -0.1) is 0 Å². The molecule has 0 amide bonds. The average Bonchev–Trinajstić information content (AvgIpc) is 2.37. The molecule has 4 nitrogen and oxygen atoms in total. The van der Waals surface area contributed by atoms with Crippen LogP contribution >= 0.6 is 0 Å². The zero-order chi connectivity index (χ0) is 13.0. The number of hydrogen-bond donors (Lipinski definition) is 2. The molecule has 3 N–H and O–H groups in total. The van der Waals surface area contributed by atoms with Crippen LogP contribution in [-0.4, -0.2) is 11.1 Å². The minimum absolute atomic E-state index is 0.123.